The number of carbonyl (C=O) groups is 2. The first-order chi connectivity index (χ1) is 13.6. The summed E-state index contributed by atoms with van der Waals surface area (Å²) in [6.07, 6.45) is 3.06. The quantitative estimate of drug-likeness (QED) is 0.761. The van der Waals surface area contributed by atoms with Crippen molar-refractivity contribution >= 4 is 28.4 Å². The van der Waals surface area contributed by atoms with Crippen LogP contribution >= 0.6 is 0 Å². The monoisotopic (exact) mass is 375 g/mol. The molecule has 1 N–H and O–H groups in total. The lowest BCUT2D eigenvalue weighted by Gasteiger charge is -2.32. The second-order valence-electron chi connectivity index (χ2n) is 6.91. The molecule has 1 unspecified atom stereocenters. The summed E-state index contributed by atoms with van der Waals surface area (Å²) in [6, 6.07) is 17.6. The number of carbonyl (C=O) groups excluding carboxylic acids is 2. The Balaban J connectivity index is 1.49. The van der Waals surface area contributed by atoms with Gasteiger partial charge in [0.25, 0.3) is 0 Å². The molecule has 1 atom stereocenters. The van der Waals surface area contributed by atoms with Crippen molar-refractivity contribution in [1.82, 2.24) is 9.88 Å². The summed E-state index contributed by atoms with van der Waals surface area (Å²) in [7, 11) is 0. The van der Waals surface area contributed by atoms with Crippen LogP contribution in [-0.4, -0.2) is 29.0 Å². The first-order valence-electron chi connectivity index (χ1n) is 9.37. The van der Waals surface area contributed by atoms with Crippen LogP contribution in [0.3, 0.4) is 0 Å². The summed E-state index contributed by atoms with van der Waals surface area (Å²) in [5.41, 5.74) is 1.47. The summed E-state index contributed by atoms with van der Waals surface area (Å²) >= 11 is 0. The second-order valence-corrected chi connectivity index (χ2v) is 6.91. The maximum absolute atomic E-state index is 12.8. The SMILES string of the molecule is O=C(Cn1ccc(=O)c2ccccc21)NC1CCCN(c2ccccc2)C1=O. The van der Waals surface area contributed by atoms with E-state index in [1.807, 2.05) is 42.5 Å². The largest absolute Gasteiger partial charge is 0.343 e. The van der Waals surface area contributed by atoms with E-state index in [4.69, 9.17) is 0 Å². The van der Waals surface area contributed by atoms with Gasteiger partial charge in [0.1, 0.15) is 12.6 Å². The number of nitrogens with one attached hydrogen (secondary N) is 1. The summed E-state index contributed by atoms with van der Waals surface area (Å²) < 4.78 is 1.73. The fourth-order valence-corrected chi connectivity index (χ4v) is 3.67. The van der Waals surface area contributed by atoms with Crippen LogP contribution in [-0.2, 0) is 16.1 Å². The van der Waals surface area contributed by atoms with Gasteiger partial charge in [0.15, 0.2) is 5.43 Å². The molecule has 2 heterocycles. The molecular formula is C22H21N3O3. The van der Waals surface area contributed by atoms with E-state index in [2.05, 4.69) is 5.32 Å². The number of fused-ring (bicyclic) bond motifs is 1. The fraction of sp³-hybridized carbons (Fsp3) is 0.227. The van der Waals surface area contributed by atoms with Crippen LogP contribution in [0.1, 0.15) is 12.8 Å². The molecule has 28 heavy (non-hydrogen) atoms. The molecule has 1 fully saturated rings. The molecule has 4 rings (SSSR count). The van der Waals surface area contributed by atoms with Crippen molar-refractivity contribution in [3.8, 4) is 0 Å². The molecule has 2 amide bonds. The number of para-hydroxylation sites is 2. The zero-order valence-electron chi connectivity index (χ0n) is 15.4. The lowest BCUT2D eigenvalue weighted by atomic mass is 10.0. The van der Waals surface area contributed by atoms with Crippen molar-refractivity contribution in [2.75, 3.05) is 11.4 Å². The number of anilines is 1. The molecule has 1 aliphatic rings. The van der Waals surface area contributed by atoms with Gasteiger partial charge in [-0.15, -0.1) is 0 Å². The Labute approximate surface area is 162 Å². The molecule has 0 radical (unpaired) electrons. The third-order valence-corrected chi connectivity index (χ3v) is 5.04. The Morgan fingerprint density at radius 2 is 1.75 bits per heavy atom. The van der Waals surface area contributed by atoms with Gasteiger partial charge in [0.2, 0.25) is 11.8 Å². The molecule has 0 saturated carbocycles. The third-order valence-electron chi connectivity index (χ3n) is 5.04. The highest BCUT2D eigenvalue weighted by molar-refractivity contribution is 6.00. The number of amides is 2. The Morgan fingerprint density at radius 3 is 2.57 bits per heavy atom. The molecule has 6 nitrogen and oxygen atoms in total. The van der Waals surface area contributed by atoms with Crippen molar-refractivity contribution < 1.29 is 9.59 Å². The summed E-state index contributed by atoms with van der Waals surface area (Å²) in [5, 5.41) is 3.44. The molecule has 3 aromatic rings. The van der Waals surface area contributed by atoms with Gasteiger partial charge >= 0.3 is 0 Å². The Bertz CT molecular complexity index is 1080. The van der Waals surface area contributed by atoms with E-state index in [1.165, 1.54) is 6.07 Å². The number of rotatable bonds is 4. The minimum absolute atomic E-state index is 0.0515. The molecule has 0 aliphatic carbocycles. The maximum atomic E-state index is 12.8. The molecule has 142 valence electrons. The van der Waals surface area contributed by atoms with Gasteiger partial charge in [-0.25, -0.2) is 0 Å². The molecule has 0 bridgehead atoms. The molecule has 0 spiro atoms. The number of benzene rings is 2. The van der Waals surface area contributed by atoms with Gasteiger partial charge in [-0.2, -0.15) is 0 Å². The van der Waals surface area contributed by atoms with Crippen molar-refractivity contribution in [1.29, 1.82) is 0 Å². The maximum Gasteiger partial charge on any atom is 0.249 e. The minimum Gasteiger partial charge on any atom is -0.343 e. The van der Waals surface area contributed by atoms with Crippen LogP contribution in [0, 0.1) is 0 Å². The Kier molecular flexibility index (Phi) is 4.93. The van der Waals surface area contributed by atoms with E-state index in [0.717, 1.165) is 12.1 Å². The zero-order chi connectivity index (χ0) is 19.5. The third kappa shape index (κ3) is 3.53. The van der Waals surface area contributed by atoms with Crippen LogP contribution in [0.15, 0.2) is 71.7 Å². The summed E-state index contributed by atoms with van der Waals surface area (Å²) in [6.45, 7) is 0.704. The predicted molar refractivity (Wildman–Crippen MR) is 108 cm³/mol. The molecule has 1 aliphatic heterocycles. The number of hydrogen-bond acceptors (Lipinski definition) is 3. The van der Waals surface area contributed by atoms with Crippen LogP contribution in [0.2, 0.25) is 0 Å². The fourth-order valence-electron chi connectivity index (χ4n) is 3.67. The normalized spacial score (nSPS) is 16.9. The molecule has 2 aromatic carbocycles. The predicted octanol–water partition coefficient (Wildman–Crippen LogP) is 2.31. The van der Waals surface area contributed by atoms with E-state index in [0.29, 0.717) is 23.9 Å². The first-order valence-corrected chi connectivity index (χ1v) is 9.37. The average molecular weight is 375 g/mol. The number of aromatic nitrogens is 1. The van der Waals surface area contributed by atoms with Gasteiger partial charge in [-0.3, -0.25) is 14.4 Å². The molecule has 1 aromatic heterocycles. The van der Waals surface area contributed by atoms with Crippen molar-refractivity contribution in [3.63, 3.8) is 0 Å². The topological polar surface area (TPSA) is 71.4 Å². The Morgan fingerprint density at radius 1 is 1.00 bits per heavy atom. The standard InChI is InChI=1S/C22H21N3O3/c26-20-12-14-24(19-11-5-4-9-17(19)20)15-21(27)23-18-10-6-13-25(22(18)28)16-7-2-1-3-8-16/h1-5,7-9,11-12,14,18H,6,10,13,15H2,(H,23,27). The lowest BCUT2D eigenvalue weighted by Crippen LogP contribution is -2.53. The lowest BCUT2D eigenvalue weighted by molar-refractivity contribution is -0.128. The second kappa shape index (κ2) is 7.68. The minimum atomic E-state index is -0.535. The van der Waals surface area contributed by atoms with Gasteiger partial charge in [0.05, 0.1) is 5.52 Å². The highest BCUT2D eigenvalue weighted by atomic mass is 16.2. The van der Waals surface area contributed by atoms with E-state index < -0.39 is 6.04 Å². The number of hydrogen-bond donors (Lipinski definition) is 1. The smallest absolute Gasteiger partial charge is 0.249 e. The van der Waals surface area contributed by atoms with E-state index in [9.17, 15) is 14.4 Å². The van der Waals surface area contributed by atoms with Crippen LogP contribution in [0.5, 0.6) is 0 Å². The Hall–Kier alpha value is -3.41. The molecule has 1 saturated heterocycles. The highest BCUT2D eigenvalue weighted by Gasteiger charge is 2.30. The molecule has 6 heteroatoms. The van der Waals surface area contributed by atoms with Crippen LogP contribution in [0.4, 0.5) is 5.69 Å². The van der Waals surface area contributed by atoms with Gasteiger partial charge in [-0.1, -0.05) is 30.3 Å². The van der Waals surface area contributed by atoms with Gasteiger partial charge in [0, 0.05) is 29.9 Å². The summed E-state index contributed by atoms with van der Waals surface area (Å²) in [5.74, 6) is -0.336. The van der Waals surface area contributed by atoms with E-state index >= 15 is 0 Å². The van der Waals surface area contributed by atoms with E-state index in [-0.39, 0.29) is 23.8 Å². The van der Waals surface area contributed by atoms with Crippen LogP contribution in [0.25, 0.3) is 10.9 Å². The summed E-state index contributed by atoms with van der Waals surface area (Å²) in [4.78, 5) is 39.2. The number of piperidine rings is 1. The highest BCUT2D eigenvalue weighted by Crippen LogP contribution is 2.20. The first kappa shape index (κ1) is 18.0. The van der Waals surface area contributed by atoms with Gasteiger partial charge in [-0.05, 0) is 37.1 Å². The van der Waals surface area contributed by atoms with Crippen molar-refractivity contribution in [2.45, 2.75) is 25.4 Å². The van der Waals surface area contributed by atoms with Gasteiger partial charge < -0.3 is 14.8 Å². The zero-order valence-corrected chi connectivity index (χ0v) is 15.4. The number of pyridine rings is 1. The van der Waals surface area contributed by atoms with Crippen molar-refractivity contribution in [3.05, 3.63) is 77.1 Å². The van der Waals surface area contributed by atoms with Crippen LogP contribution < -0.4 is 15.6 Å². The number of nitrogens with zero attached hydrogens (tertiary/aromatic N) is 2. The van der Waals surface area contributed by atoms with Crippen molar-refractivity contribution in [2.24, 2.45) is 0 Å². The van der Waals surface area contributed by atoms with E-state index in [1.54, 1.807) is 27.8 Å². The average Bonchev–Trinajstić information content (AvgIpc) is 2.72. The molecular weight excluding hydrogens is 354 g/mol.